The first kappa shape index (κ1) is 12.4. The zero-order chi connectivity index (χ0) is 13.1. The number of aromatic nitrogens is 1. The Bertz CT molecular complexity index is 554. The minimum absolute atomic E-state index is 0.151. The van der Waals surface area contributed by atoms with E-state index in [1.807, 2.05) is 0 Å². The first-order chi connectivity index (χ1) is 8.65. The summed E-state index contributed by atoms with van der Waals surface area (Å²) >= 11 is 0. The molecule has 0 spiro atoms. The van der Waals surface area contributed by atoms with Crippen LogP contribution in [-0.2, 0) is 11.3 Å². The van der Waals surface area contributed by atoms with Gasteiger partial charge in [0.05, 0.1) is 13.7 Å². The van der Waals surface area contributed by atoms with Crippen molar-refractivity contribution >= 4 is 5.82 Å². The SMILES string of the molecule is COCc1cc(OC)c(F)cc1-c1cc(N)no1. The second-order valence-corrected chi connectivity index (χ2v) is 3.69. The van der Waals surface area contributed by atoms with Gasteiger partial charge in [0.25, 0.3) is 0 Å². The normalized spacial score (nSPS) is 10.6. The summed E-state index contributed by atoms with van der Waals surface area (Å²) in [6.07, 6.45) is 0. The highest BCUT2D eigenvalue weighted by molar-refractivity contribution is 5.65. The van der Waals surface area contributed by atoms with Gasteiger partial charge >= 0.3 is 0 Å². The highest BCUT2D eigenvalue weighted by Gasteiger charge is 2.15. The smallest absolute Gasteiger partial charge is 0.169 e. The van der Waals surface area contributed by atoms with E-state index < -0.39 is 5.82 Å². The molecular weight excluding hydrogens is 239 g/mol. The molecule has 1 aromatic heterocycles. The van der Waals surface area contributed by atoms with Crippen molar-refractivity contribution in [3.8, 4) is 17.1 Å². The molecule has 96 valence electrons. The molecule has 0 amide bonds. The van der Waals surface area contributed by atoms with Crippen LogP contribution in [0.3, 0.4) is 0 Å². The van der Waals surface area contributed by atoms with Gasteiger partial charge in [-0.1, -0.05) is 5.16 Å². The number of nitrogen functional groups attached to an aromatic ring is 1. The monoisotopic (exact) mass is 252 g/mol. The molecule has 0 unspecified atom stereocenters. The fourth-order valence-electron chi connectivity index (χ4n) is 1.67. The number of anilines is 1. The molecule has 0 atom stereocenters. The van der Waals surface area contributed by atoms with Crippen LogP contribution in [0, 0.1) is 5.82 Å². The standard InChI is InChI=1S/C12H13FN2O3/c1-16-6-7-3-11(17-2)9(13)4-8(7)10-5-12(14)15-18-10/h3-5H,6H2,1-2H3,(H2,14,15). The van der Waals surface area contributed by atoms with E-state index in [0.717, 1.165) is 5.56 Å². The number of ether oxygens (including phenoxy) is 2. The summed E-state index contributed by atoms with van der Waals surface area (Å²) in [4.78, 5) is 0. The number of rotatable bonds is 4. The van der Waals surface area contributed by atoms with Crippen LogP contribution in [0.1, 0.15) is 5.56 Å². The molecule has 0 saturated carbocycles. The maximum Gasteiger partial charge on any atom is 0.169 e. The van der Waals surface area contributed by atoms with E-state index in [0.29, 0.717) is 17.9 Å². The first-order valence-electron chi connectivity index (χ1n) is 5.23. The molecule has 6 heteroatoms. The Morgan fingerprint density at radius 2 is 2.11 bits per heavy atom. The molecular formula is C12H13FN2O3. The summed E-state index contributed by atoms with van der Waals surface area (Å²) in [5.41, 5.74) is 6.75. The van der Waals surface area contributed by atoms with Crippen LogP contribution in [0.25, 0.3) is 11.3 Å². The van der Waals surface area contributed by atoms with Crippen molar-refractivity contribution in [2.75, 3.05) is 20.0 Å². The molecule has 0 saturated heterocycles. The maximum absolute atomic E-state index is 13.7. The molecule has 1 aromatic carbocycles. The van der Waals surface area contributed by atoms with Gasteiger partial charge < -0.3 is 19.7 Å². The topological polar surface area (TPSA) is 70.5 Å². The largest absolute Gasteiger partial charge is 0.494 e. The zero-order valence-electron chi connectivity index (χ0n) is 10.1. The third-order valence-electron chi connectivity index (χ3n) is 2.47. The Morgan fingerprint density at radius 3 is 2.67 bits per heavy atom. The van der Waals surface area contributed by atoms with Gasteiger partial charge in [-0.2, -0.15) is 0 Å². The summed E-state index contributed by atoms with van der Waals surface area (Å²) in [5.74, 6) is 0.298. The second kappa shape index (κ2) is 5.05. The average Bonchev–Trinajstić information content (AvgIpc) is 2.78. The molecule has 0 aliphatic heterocycles. The number of hydrogen-bond donors (Lipinski definition) is 1. The van der Waals surface area contributed by atoms with Crippen LogP contribution in [0.5, 0.6) is 5.75 Å². The molecule has 18 heavy (non-hydrogen) atoms. The molecule has 0 aliphatic carbocycles. The minimum Gasteiger partial charge on any atom is -0.494 e. The van der Waals surface area contributed by atoms with Gasteiger partial charge in [0.1, 0.15) is 0 Å². The van der Waals surface area contributed by atoms with Crippen molar-refractivity contribution in [2.24, 2.45) is 0 Å². The van der Waals surface area contributed by atoms with Gasteiger partial charge in [0, 0.05) is 18.7 Å². The molecule has 2 rings (SSSR count). The highest BCUT2D eigenvalue weighted by atomic mass is 19.1. The third-order valence-corrected chi connectivity index (χ3v) is 2.47. The van der Waals surface area contributed by atoms with E-state index in [4.69, 9.17) is 19.7 Å². The van der Waals surface area contributed by atoms with E-state index >= 15 is 0 Å². The maximum atomic E-state index is 13.7. The first-order valence-corrected chi connectivity index (χ1v) is 5.23. The number of benzene rings is 1. The molecule has 0 fully saturated rings. The van der Waals surface area contributed by atoms with Crippen LogP contribution >= 0.6 is 0 Å². The van der Waals surface area contributed by atoms with E-state index in [1.54, 1.807) is 13.2 Å². The molecule has 5 nitrogen and oxygen atoms in total. The van der Waals surface area contributed by atoms with Gasteiger partial charge in [-0.25, -0.2) is 4.39 Å². The molecule has 2 N–H and O–H groups in total. The predicted octanol–water partition coefficient (Wildman–Crippen LogP) is 2.22. The summed E-state index contributed by atoms with van der Waals surface area (Å²) in [6, 6.07) is 4.40. The van der Waals surface area contributed by atoms with Gasteiger partial charge in [-0.3, -0.25) is 0 Å². The lowest BCUT2D eigenvalue weighted by atomic mass is 10.0. The van der Waals surface area contributed by atoms with Crippen LogP contribution in [0.2, 0.25) is 0 Å². The van der Waals surface area contributed by atoms with Crippen molar-refractivity contribution in [2.45, 2.75) is 6.61 Å². The van der Waals surface area contributed by atoms with Crippen molar-refractivity contribution in [1.29, 1.82) is 0 Å². The molecule has 0 radical (unpaired) electrons. The molecule has 1 heterocycles. The van der Waals surface area contributed by atoms with Crippen molar-refractivity contribution in [1.82, 2.24) is 5.16 Å². The van der Waals surface area contributed by atoms with Crippen LogP contribution < -0.4 is 10.5 Å². The van der Waals surface area contributed by atoms with E-state index in [1.165, 1.54) is 19.2 Å². The highest BCUT2D eigenvalue weighted by Crippen LogP contribution is 2.31. The number of halogens is 1. The Labute approximate surface area is 103 Å². The Morgan fingerprint density at radius 1 is 1.33 bits per heavy atom. The summed E-state index contributed by atoms with van der Waals surface area (Å²) in [7, 11) is 2.95. The van der Waals surface area contributed by atoms with Crippen LogP contribution in [0.4, 0.5) is 10.2 Å². The fourth-order valence-corrected chi connectivity index (χ4v) is 1.67. The number of methoxy groups -OCH3 is 2. The lowest BCUT2D eigenvalue weighted by Crippen LogP contribution is -1.96. The summed E-state index contributed by atoms with van der Waals surface area (Å²) < 4.78 is 28.7. The third kappa shape index (κ3) is 2.28. The zero-order valence-corrected chi connectivity index (χ0v) is 10.1. The summed E-state index contributed by atoms with van der Waals surface area (Å²) in [6.45, 7) is 0.298. The average molecular weight is 252 g/mol. The lowest BCUT2D eigenvalue weighted by molar-refractivity contribution is 0.184. The van der Waals surface area contributed by atoms with Crippen molar-refractivity contribution in [3.05, 3.63) is 29.6 Å². The van der Waals surface area contributed by atoms with Gasteiger partial charge in [0.2, 0.25) is 0 Å². The number of nitrogens with zero attached hydrogens (tertiary/aromatic N) is 1. The van der Waals surface area contributed by atoms with Crippen molar-refractivity contribution in [3.63, 3.8) is 0 Å². The number of hydrogen-bond acceptors (Lipinski definition) is 5. The molecule has 0 bridgehead atoms. The molecule has 0 aliphatic rings. The Balaban J connectivity index is 2.54. The lowest BCUT2D eigenvalue weighted by Gasteiger charge is -2.09. The Kier molecular flexibility index (Phi) is 3.47. The van der Waals surface area contributed by atoms with Gasteiger partial charge in [0.15, 0.2) is 23.1 Å². The van der Waals surface area contributed by atoms with Crippen molar-refractivity contribution < 1.29 is 18.4 Å². The van der Waals surface area contributed by atoms with Gasteiger partial charge in [-0.15, -0.1) is 0 Å². The second-order valence-electron chi connectivity index (χ2n) is 3.69. The van der Waals surface area contributed by atoms with E-state index in [9.17, 15) is 4.39 Å². The van der Waals surface area contributed by atoms with Crippen LogP contribution in [0.15, 0.2) is 22.7 Å². The van der Waals surface area contributed by atoms with E-state index in [2.05, 4.69) is 5.16 Å². The van der Waals surface area contributed by atoms with E-state index in [-0.39, 0.29) is 11.6 Å². The number of nitrogens with two attached hydrogens (primary N) is 1. The Hall–Kier alpha value is -2.08. The summed E-state index contributed by atoms with van der Waals surface area (Å²) in [5, 5.41) is 3.57. The minimum atomic E-state index is -0.484. The van der Waals surface area contributed by atoms with Gasteiger partial charge in [-0.05, 0) is 17.7 Å². The predicted molar refractivity (Wildman–Crippen MR) is 63.6 cm³/mol. The van der Waals surface area contributed by atoms with Crippen LogP contribution in [-0.4, -0.2) is 19.4 Å². The quantitative estimate of drug-likeness (QED) is 0.903. The fraction of sp³-hybridized carbons (Fsp3) is 0.250. The molecule has 2 aromatic rings.